The summed E-state index contributed by atoms with van der Waals surface area (Å²) < 4.78 is 7.00. The first-order valence-corrected chi connectivity index (χ1v) is 6.62. The highest BCUT2D eigenvalue weighted by Gasteiger charge is 2.43. The van der Waals surface area contributed by atoms with Crippen molar-refractivity contribution in [2.24, 2.45) is 0 Å². The number of nitriles is 1. The smallest absolute Gasteiger partial charge is 0.167 e. The fourth-order valence-electron chi connectivity index (χ4n) is 2.29. The minimum Gasteiger partial charge on any atom is -0.387 e. The zero-order valence-corrected chi connectivity index (χ0v) is 11.8. The molecule has 2 aromatic rings. The van der Waals surface area contributed by atoms with Crippen molar-refractivity contribution < 1.29 is 14.9 Å². The highest BCUT2D eigenvalue weighted by molar-refractivity contribution is 6.31. The molecule has 0 saturated carbocycles. The molecule has 3 heterocycles. The molecule has 0 radical (unpaired) electrons. The van der Waals surface area contributed by atoms with Crippen molar-refractivity contribution >= 4 is 28.6 Å². The molecule has 0 amide bonds. The average Bonchev–Trinajstić information content (AvgIpc) is 3.05. The topological polar surface area (TPSA) is 143 Å². The number of imidazole rings is 1. The van der Waals surface area contributed by atoms with Gasteiger partial charge in [0.05, 0.1) is 6.33 Å². The summed E-state index contributed by atoms with van der Waals surface area (Å²) >= 11 is 5.62. The van der Waals surface area contributed by atoms with Gasteiger partial charge in [-0.25, -0.2) is 15.0 Å². The maximum absolute atomic E-state index is 10.2. The molecule has 1 fully saturated rings. The van der Waals surface area contributed by atoms with Crippen LogP contribution in [0.2, 0.25) is 0 Å². The summed E-state index contributed by atoms with van der Waals surface area (Å²) in [7, 11) is 0. The van der Waals surface area contributed by atoms with E-state index in [1.54, 1.807) is 6.07 Å². The first-order valence-electron chi connectivity index (χ1n) is 6.25. The van der Waals surface area contributed by atoms with Crippen LogP contribution in [0.25, 0.3) is 11.2 Å². The summed E-state index contributed by atoms with van der Waals surface area (Å²) in [5, 5.41) is 28.7. The minimum absolute atomic E-state index is 0.140. The van der Waals surface area contributed by atoms with Crippen molar-refractivity contribution in [3.05, 3.63) is 23.8 Å². The van der Waals surface area contributed by atoms with E-state index < -0.39 is 24.5 Å². The Bertz CT molecular complexity index is 785. The number of rotatable bonds is 2. The second-order valence-electron chi connectivity index (χ2n) is 4.68. The van der Waals surface area contributed by atoms with Gasteiger partial charge in [0.15, 0.2) is 17.7 Å². The number of fused-ring (bicyclic) bond motifs is 1. The van der Waals surface area contributed by atoms with Crippen molar-refractivity contribution in [3.63, 3.8) is 0 Å². The molecule has 22 heavy (non-hydrogen) atoms. The number of anilines is 1. The molecule has 114 valence electrons. The van der Waals surface area contributed by atoms with Gasteiger partial charge in [0.25, 0.3) is 0 Å². The van der Waals surface area contributed by atoms with E-state index in [4.69, 9.17) is 27.3 Å². The van der Waals surface area contributed by atoms with Gasteiger partial charge in [-0.2, -0.15) is 5.26 Å². The molecular weight excluding hydrogens is 312 g/mol. The van der Waals surface area contributed by atoms with Crippen LogP contribution >= 0.6 is 11.6 Å². The monoisotopic (exact) mass is 322 g/mol. The van der Waals surface area contributed by atoms with Crippen molar-refractivity contribution in [1.29, 1.82) is 5.26 Å². The van der Waals surface area contributed by atoms with Crippen molar-refractivity contribution in [3.8, 4) is 6.07 Å². The number of halogens is 1. The average molecular weight is 323 g/mol. The maximum atomic E-state index is 10.2. The third-order valence-electron chi connectivity index (χ3n) is 3.35. The van der Waals surface area contributed by atoms with Crippen molar-refractivity contribution in [1.82, 2.24) is 19.5 Å². The van der Waals surface area contributed by atoms with Gasteiger partial charge >= 0.3 is 0 Å². The Morgan fingerprint density at radius 3 is 2.91 bits per heavy atom. The van der Waals surface area contributed by atoms with E-state index in [0.29, 0.717) is 11.2 Å². The fraction of sp³-hybridized carbons (Fsp3) is 0.333. The van der Waals surface area contributed by atoms with Gasteiger partial charge in [-0.1, -0.05) is 11.6 Å². The first kappa shape index (κ1) is 14.7. The van der Waals surface area contributed by atoms with Crippen LogP contribution < -0.4 is 5.73 Å². The maximum Gasteiger partial charge on any atom is 0.167 e. The van der Waals surface area contributed by atoms with E-state index in [2.05, 4.69) is 15.0 Å². The molecule has 2 aromatic heterocycles. The third kappa shape index (κ3) is 2.28. The third-order valence-corrected chi connectivity index (χ3v) is 3.56. The highest BCUT2D eigenvalue weighted by atomic mass is 35.5. The number of aliphatic hydroxyl groups excluding tert-OH is 2. The summed E-state index contributed by atoms with van der Waals surface area (Å²) in [5.74, 6) is 0.195. The summed E-state index contributed by atoms with van der Waals surface area (Å²) in [6.07, 6.45) is -0.492. The molecule has 4 atom stereocenters. The van der Waals surface area contributed by atoms with E-state index in [-0.39, 0.29) is 10.9 Å². The number of aromatic nitrogens is 4. The second-order valence-corrected chi connectivity index (χ2v) is 5.09. The molecule has 1 aliphatic rings. The molecule has 0 bridgehead atoms. The molecule has 4 N–H and O–H groups in total. The van der Waals surface area contributed by atoms with Gasteiger partial charge in [-0.05, 0) is 6.08 Å². The lowest BCUT2D eigenvalue weighted by molar-refractivity contribution is -0.0245. The Hall–Kier alpha value is -2.25. The summed E-state index contributed by atoms with van der Waals surface area (Å²) in [5.41, 5.74) is 6.42. The number of nitrogens with two attached hydrogens (primary N) is 1. The van der Waals surface area contributed by atoms with E-state index in [9.17, 15) is 10.2 Å². The summed E-state index contributed by atoms with van der Waals surface area (Å²) in [6, 6.07) is 1.71. The van der Waals surface area contributed by atoms with Gasteiger partial charge in [-0.3, -0.25) is 4.57 Å². The molecule has 0 aliphatic carbocycles. The first-order chi connectivity index (χ1) is 10.5. The van der Waals surface area contributed by atoms with Gasteiger partial charge in [0.2, 0.25) is 0 Å². The van der Waals surface area contributed by atoms with Crippen LogP contribution in [0.4, 0.5) is 5.82 Å². The molecule has 1 saturated heterocycles. The van der Waals surface area contributed by atoms with Crippen LogP contribution in [0.5, 0.6) is 0 Å². The molecule has 3 rings (SSSR count). The van der Waals surface area contributed by atoms with Crippen LogP contribution in [0.1, 0.15) is 6.23 Å². The number of nitrogens with zero attached hydrogens (tertiary/aromatic N) is 5. The van der Waals surface area contributed by atoms with Crippen molar-refractivity contribution in [2.75, 3.05) is 5.73 Å². The van der Waals surface area contributed by atoms with E-state index in [1.165, 1.54) is 23.3 Å². The second kappa shape index (κ2) is 5.51. The van der Waals surface area contributed by atoms with Crippen LogP contribution in [0, 0.1) is 11.3 Å². The SMILES string of the molecule is N#C/C(Cl)=C\[C@H]1O[C@@H](n2cnc3c(N)ncnc32)[C@H](O)[C@@H]1O. The standard InChI is InChI=1S/C12H11ClN6O3/c13-5(2-14)1-6-8(20)9(21)12(22-6)19-4-18-7-10(15)16-3-17-11(7)19/h1,3-4,6,8-9,12,20-21H,(H2,15,16,17)/b5-1+/t6-,8-,9-,12-/m1/s1. The lowest BCUT2D eigenvalue weighted by Crippen LogP contribution is -2.30. The zero-order valence-electron chi connectivity index (χ0n) is 11.0. The number of aliphatic hydroxyl groups is 2. The zero-order chi connectivity index (χ0) is 15.9. The predicted octanol–water partition coefficient (Wildman–Crippen LogP) is -0.326. The molecular formula is C12H11ClN6O3. The van der Waals surface area contributed by atoms with Crippen LogP contribution in [0.3, 0.4) is 0 Å². The summed E-state index contributed by atoms with van der Waals surface area (Å²) in [6.45, 7) is 0. The van der Waals surface area contributed by atoms with Gasteiger partial charge in [-0.15, -0.1) is 0 Å². The molecule has 0 aromatic carbocycles. The van der Waals surface area contributed by atoms with E-state index in [1.807, 2.05) is 0 Å². The Morgan fingerprint density at radius 2 is 2.18 bits per heavy atom. The Kier molecular flexibility index (Phi) is 3.67. The Labute approximate surface area is 129 Å². The van der Waals surface area contributed by atoms with E-state index >= 15 is 0 Å². The predicted molar refractivity (Wildman–Crippen MR) is 75.2 cm³/mol. The Balaban J connectivity index is 1.98. The van der Waals surface area contributed by atoms with Gasteiger partial charge < -0.3 is 20.7 Å². The number of allylic oxidation sites excluding steroid dienone is 1. The number of nitrogen functional groups attached to an aromatic ring is 1. The lowest BCUT2D eigenvalue weighted by atomic mass is 10.1. The van der Waals surface area contributed by atoms with Gasteiger partial charge in [0, 0.05) is 0 Å². The normalized spacial score (nSPS) is 28.9. The fourth-order valence-corrected chi connectivity index (χ4v) is 2.41. The molecule has 1 aliphatic heterocycles. The van der Waals surface area contributed by atoms with Crippen LogP contribution in [0.15, 0.2) is 23.8 Å². The lowest BCUT2D eigenvalue weighted by Gasteiger charge is -2.16. The van der Waals surface area contributed by atoms with Crippen LogP contribution in [-0.2, 0) is 4.74 Å². The van der Waals surface area contributed by atoms with Crippen molar-refractivity contribution in [2.45, 2.75) is 24.5 Å². The summed E-state index contributed by atoms with van der Waals surface area (Å²) in [4.78, 5) is 11.9. The largest absolute Gasteiger partial charge is 0.387 e. The minimum atomic E-state index is -1.25. The highest BCUT2D eigenvalue weighted by Crippen LogP contribution is 2.33. The molecule has 0 spiro atoms. The Morgan fingerprint density at radius 1 is 1.41 bits per heavy atom. The quantitative estimate of drug-likeness (QED) is 0.638. The molecule has 0 unspecified atom stereocenters. The van der Waals surface area contributed by atoms with Crippen LogP contribution in [-0.4, -0.2) is 48.0 Å². The molecule has 10 heteroatoms. The number of hydrogen-bond donors (Lipinski definition) is 3. The number of ether oxygens (including phenoxy) is 1. The number of hydrogen-bond acceptors (Lipinski definition) is 8. The molecule has 9 nitrogen and oxygen atoms in total. The van der Waals surface area contributed by atoms with Gasteiger partial charge in [0.1, 0.15) is 41.3 Å². The van der Waals surface area contributed by atoms with E-state index in [0.717, 1.165) is 0 Å².